The Bertz CT molecular complexity index is 2090. The highest BCUT2D eigenvalue weighted by Gasteiger charge is 2.39. The molecule has 49 heavy (non-hydrogen) atoms. The van der Waals surface area contributed by atoms with E-state index in [4.69, 9.17) is 24.4 Å². The monoisotopic (exact) mass is 667 g/mol. The van der Waals surface area contributed by atoms with Crippen molar-refractivity contribution >= 4 is 47.7 Å². The fourth-order valence-corrected chi connectivity index (χ4v) is 6.37. The number of fused-ring (bicyclic) bond motifs is 1. The van der Waals surface area contributed by atoms with Crippen molar-refractivity contribution < 1.29 is 9.90 Å². The molecule has 242 valence electrons. The van der Waals surface area contributed by atoms with E-state index in [1.54, 1.807) is 18.5 Å². The fourth-order valence-electron chi connectivity index (χ4n) is 6.09. The molecule has 2 aliphatic rings. The second-order valence-electron chi connectivity index (χ2n) is 12.1. The highest BCUT2D eigenvalue weighted by molar-refractivity contribution is 6.33. The second kappa shape index (κ2) is 13.5. The van der Waals surface area contributed by atoms with Gasteiger partial charge in [0.2, 0.25) is 0 Å². The number of pyridine rings is 1. The molecule has 3 aromatic carbocycles. The maximum Gasteiger partial charge on any atom is 0.303 e. The Morgan fingerprint density at radius 1 is 1.12 bits per heavy atom. The van der Waals surface area contributed by atoms with Gasteiger partial charge in [0.15, 0.2) is 0 Å². The predicted octanol–water partition coefficient (Wildman–Crippen LogP) is 6.00. The van der Waals surface area contributed by atoms with E-state index in [-0.39, 0.29) is 12.8 Å². The summed E-state index contributed by atoms with van der Waals surface area (Å²) in [6.45, 7) is 0. The number of anilines is 2. The molecule has 0 saturated heterocycles. The number of hydrazine groups is 2. The molecule has 13 heteroatoms. The Morgan fingerprint density at radius 3 is 2.59 bits per heavy atom. The first-order valence-electron chi connectivity index (χ1n) is 15.8. The molecule has 2 radical (unpaired) electrons. The summed E-state index contributed by atoms with van der Waals surface area (Å²) in [7, 11) is 7.33. The lowest BCUT2D eigenvalue weighted by Gasteiger charge is -2.35. The van der Waals surface area contributed by atoms with Crippen LogP contribution in [0.15, 0.2) is 104 Å². The van der Waals surface area contributed by atoms with E-state index >= 15 is 0 Å². The molecule has 3 heterocycles. The third-order valence-electron chi connectivity index (χ3n) is 8.72. The molecule has 2 atom stereocenters. The van der Waals surface area contributed by atoms with Gasteiger partial charge in [0.05, 0.1) is 33.9 Å². The quantitative estimate of drug-likeness (QED) is 0.0997. The number of benzene rings is 3. The molecule has 0 bridgehead atoms. The van der Waals surface area contributed by atoms with Crippen LogP contribution in [-0.4, -0.2) is 44.9 Å². The van der Waals surface area contributed by atoms with Crippen molar-refractivity contribution in [2.75, 3.05) is 10.6 Å². The van der Waals surface area contributed by atoms with Crippen LogP contribution in [0.5, 0.6) is 0 Å². The van der Waals surface area contributed by atoms with Crippen LogP contribution in [0.4, 0.5) is 11.4 Å². The van der Waals surface area contributed by atoms with Crippen molar-refractivity contribution in [1.82, 2.24) is 30.9 Å². The van der Waals surface area contributed by atoms with Gasteiger partial charge in [0.25, 0.3) is 0 Å². The molecule has 0 amide bonds. The molecule has 1 saturated carbocycles. The Hall–Kier alpha value is -5.64. The Balaban J connectivity index is 1.41. The van der Waals surface area contributed by atoms with Crippen LogP contribution in [0.3, 0.4) is 0 Å². The van der Waals surface area contributed by atoms with Crippen LogP contribution < -0.4 is 21.6 Å². The number of nitriles is 1. The molecule has 7 rings (SSSR count). The molecule has 0 spiro atoms. The molecule has 5 N–H and O–H groups in total. The van der Waals surface area contributed by atoms with Crippen LogP contribution in [0.2, 0.25) is 5.02 Å². The van der Waals surface area contributed by atoms with Crippen molar-refractivity contribution in [1.29, 1.82) is 5.26 Å². The number of hydrogen-bond donors (Lipinski definition) is 5. The number of aromatic nitrogens is 3. The molecule has 1 fully saturated rings. The number of halogens is 1. The SMILES string of the molecule is [B]C(Nc1cc(-c2cncnc2)c2ncc(C#N)c(N[C@H](CCC(=O)O)c3ccccc3)c2c1)(C1=CN(C2CC2)NN1)c1ccccc1Cl. The average molecular weight is 668 g/mol. The van der Waals surface area contributed by atoms with Crippen LogP contribution in [0, 0.1) is 11.3 Å². The van der Waals surface area contributed by atoms with Gasteiger partial charge in [-0.05, 0) is 48.6 Å². The maximum absolute atomic E-state index is 11.7. The average Bonchev–Trinajstić information content (AvgIpc) is 3.85. The van der Waals surface area contributed by atoms with Crippen molar-refractivity contribution in [2.24, 2.45) is 0 Å². The van der Waals surface area contributed by atoms with Crippen LogP contribution in [-0.2, 0) is 10.2 Å². The summed E-state index contributed by atoms with van der Waals surface area (Å²) in [5, 5.41) is 30.0. The smallest absolute Gasteiger partial charge is 0.303 e. The van der Waals surface area contributed by atoms with E-state index in [1.165, 1.54) is 12.5 Å². The van der Waals surface area contributed by atoms with Gasteiger partial charge in [-0.2, -0.15) is 5.26 Å². The first-order chi connectivity index (χ1) is 23.8. The minimum Gasteiger partial charge on any atom is -0.481 e. The van der Waals surface area contributed by atoms with Crippen LogP contribution >= 0.6 is 11.6 Å². The van der Waals surface area contributed by atoms with Gasteiger partial charge < -0.3 is 21.2 Å². The first-order valence-corrected chi connectivity index (χ1v) is 16.2. The number of carbonyl (C=O) groups is 1. The highest BCUT2D eigenvalue weighted by atomic mass is 35.5. The standard InChI is InChI=1S/C36H31BClN9O2/c37-36(29-8-4-5-9-30(29)38,32-20-47(46-45-32)26-10-11-26)44-25-14-27(24-17-40-21-41-18-24)35-28(15-25)34(23(16-39)19-42-35)43-31(12-13-33(48)49)22-6-2-1-3-7-22/h1-9,14-15,17-21,26,31,44-46H,10-13H2,(H,42,43)(H,48,49)/t31-,36?/m1/s1. The van der Waals surface area contributed by atoms with E-state index in [0.717, 1.165) is 18.4 Å². The van der Waals surface area contributed by atoms with E-state index in [2.05, 4.69) is 37.6 Å². The van der Waals surface area contributed by atoms with Gasteiger partial charge in [-0.3, -0.25) is 14.8 Å². The lowest BCUT2D eigenvalue weighted by Crippen LogP contribution is -2.45. The number of carboxylic acids is 1. The Labute approximate surface area is 289 Å². The second-order valence-corrected chi connectivity index (χ2v) is 12.5. The number of hydrogen-bond acceptors (Lipinski definition) is 10. The molecular weight excluding hydrogens is 637 g/mol. The summed E-state index contributed by atoms with van der Waals surface area (Å²) in [5.74, 6) is -0.913. The first kappa shape index (κ1) is 31.9. The summed E-state index contributed by atoms with van der Waals surface area (Å²) in [4.78, 5) is 24.9. The zero-order valence-corrected chi connectivity index (χ0v) is 27.0. The molecule has 5 aromatic rings. The summed E-state index contributed by atoms with van der Waals surface area (Å²) in [6.07, 6.45) is 10.7. The largest absolute Gasteiger partial charge is 0.481 e. The van der Waals surface area contributed by atoms with Crippen molar-refractivity contribution in [3.05, 3.63) is 125 Å². The summed E-state index contributed by atoms with van der Waals surface area (Å²) < 4.78 is 0. The maximum atomic E-state index is 11.7. The zero-order chi connectivity index (χ0) is 34.0. The third-order valence-corrected chi connectivity index (χ3v) is 9.05. The van der Waals surface area contributed by atoms with Gasteiger partial charge in [0, 0.05) is 64.5 Å². The molecule has 1 unspecified atom stereocenters. The van der Waals surface area contributed by atoms with E-state index in [9.17, 15) is 15.2 Å². The van der Waals surface area contributed by atoms with Gasteiger partial charge in [-0.25, -0.2) is 9.97 Å². The highest BCUT2D eigenvalue weighted by Crippen LogP contribution is 2.41. The zero-order valence-electron chi connectivity index (χ0n) is 26.3. The van der Waals surface area contributed by atoms with Gasteiger partial charge in [-0.15, -0.1) is 5.53 Å². The van der Waals surface area contributed by atoms with E-state index in [0.29, 0.717) is 61.3 Å². The number of aliphatic carboxylic acids is 1. The normalized spacial score (nSPS) is 15.8. The van der Waals surface area contributed by atoms with Crippen molar-refractivity contribution in [3.63, 3.8) is 0 Å². The number of nitrogens with one attached hydrogen (secondary N) is 4. The third kappa shape index (κ3) is 6.59. The van der Waals surface area contributed by atoms with Crippen molar-refractivity contribution in [2.45, 2.75) is 43.2 Å². The minimum atomic E-state index is -1.34. The summed E-state index contributed by atoms with van der Waals surface area (Å²) in [5.41, 5.74) is 10.7. The Morgan fingerprint density at radius 2 is 1.88 bits per heavy atom. The van der Waals surface area contributed by atoms with Crippen molar-refractivity contribution in [3.8, 4) is 17.2 Å². The molecule has 2 aromatic heterocycles. The summed E-state index contributed by atoms with van der Waals surface area (Å²) >= 11 is 6.80. The predicted molar refractivity (Wildman–Crippen MR) is 189 cm³/mol. The van der Waals surface area contributed by atoms with E-state index < -0.39 is 17.4 Å². The molecular formula is C36H31BClN9O2. The van der Waals surface area contributed by atoms with E-state index in [1.807, 2.05) is 71.9 Å². The minimum absolute atomic E-state index is 0.0710. The molecule has 1 aliphatic heterocycles. The number of nitrogens with zero attached hydrogens (tertiary/aromatic N) is 5. The molecule has 1 aliphatic carbocycles. The summed E-state index contributed by atoms with van der Waals surface area (Å²) in [6, 6.07) is 23.0. The Kier molecular flexibility index (Phi) is 8.78. The lowest BCUT2D eigenvalue weighted by molar-refractivity contribution is -0.137. The van der Waals surface area contributed by atoms with Gasteiger partial charge >= 0.3 is 5.97 Å². The van der Waals surface area contributed by atoms with Gasteiger partial charge in [0.1, 0.15) is 20.2 Å². The molecule has 11 nitrogen and oxygen atoms in total. The van der Waals surface area contributed by atoms with Gasteiger partial charge in [-0.1, -0.05) is 60.1 Å². The topological polar surface area (TPSA) is 151 Å². The van der Waals surface area contributed by atoms with Crippen LogP contribution in [0.25, 0.3) is 22.0 Å². The fraction of sp³-hybridized carbons (Fsp3) is 0.194. The van der Waals surface area contributed by atoms with Crippen LogP contribution in [0.1, 0.15) is 48.4 Å². The number of carboxylic acid groups (broad SMARTS) is 1. The number of rotatable bonds is 12. The lowest BCUT2D eigenvalue weighted by atomic mass is 9.69.